The molecule has 1 saturated heterocycles. The van der Waals surface area contributed by atoms with E-state index in [1.807, 2.05) is 7.05 Å². The third-order valence-electron chi connectivity index (χ3n) is 2.80. The van der Waals surface area contributed by atoms with E-state index >= 15 is 0 Å². The summed E-state index contributed by atoms with van der Waals surface area (Å²) in [4.78, 5) is 13.6. The summed E-state index contributed by atoms with van der Waals surface area (Å²) in [6.45, 7) is 6.10. The summed E-state index contributed by atoms with van der Waals surface area (Å²) >= 11 is 0. The second kappa shape index (κ2) is 6.42. The molecule has 1 atom stereocenters. The maximum absolute atomic E-state index is 11.9. The van der Waals surface area contributed by atoms with Gasteiger partial charge in [0.05, 0.1) is 0 Å². The van der Waals surface area contributed by atoms with Crippen LogP contribution in [0.4, 0.5) is 0 Å². The van der Waals surface area contributed by atoms with Crippen molar-refractivity contribution in [1.82, 2.24) is 4.90 Å². The molecule has 0 aromatic rings. The van der Waals surface area contributed by atoms with E-state index in [0.717, 1.165) is 12.8 Å². The first-order valence-corrected chi connectivity index (χ1v) is 5.53. The Kier molecular flexibility index (Phi) is 6.30. The Hall–Kier alpha value is -0.320. The van der Waals surface area contributed by atoms with Crippen LogP contribution in [0.15, 0.2) is 0 Å². The minimum atomic E-state index is -0.219. The summed E-state index contributed by atoms with van der Waals surface area (Å²) in [5, 5.41) is 0. The highest BCUT2D eigenvalue weighted by atomic mass is 35.5. The second-order valence-electron chi connectivity index (χ2n) is 5.06. The molecule has 1 amide bonds. The molecule has 16 heavy (non-hydrogen) atoms. The molecule has 1 heterocycles. The predicted molar refractivity (Wildman–Crippen MR) is 66.7 cm³/mol. The Bertz CT molecular complexity index is 228. The summed E-state index contributed by atoms with van der Waals surface area (Å²) in [5.41, 5.74) is 5.61. The standard InChI is InChI=1S/C11H22N2O2.ClH/c1-11(2,7-12)8-13(3)10(14)9-5-4-6-15-9;/h9H,4-8,12H2,1-3H3;1H/t9-;/m0./s1. The fourth-order valence-electron chi connectivity index (χ4n) is 1.80. The van der Waals surface area contributed by atoms with Crippen molar-refractivity contribution in [2.75, 3.05) is 26.7 Å². The zero-order valence-corrected chi connectivity index (χ0v) is 11.2. The van der Waals surface area contributed by atoms with Crippen LogP contribution >= 0.6 is 12.4 Å². The van der Waals surface area contributed by atoms with Gasteiger partial charge < -0.3 is 15.4 Å². The molecular weight excluding hydrogens is 228 g/mol. The van der Waals surface area contributed by atoms with Crippen molar-refractivity contribution in [3.8, 4) is 0 Å². The van der Waals surface area contributed by atoms with E-state index in [2.05, 4.69) is 13.8 Å². The topological polar surface area (TPSA) is 55.6 Å². The Labute approximate surface area is 104 Å². The van der Waals surface area contributed by atoms with E-state index in [0.29, 0.717) is 19.7 Å². The number of nitrogens with zero attached hydrogens (tertiary/aromatic N) is 1. The largest absolute Gasteiger partial charge is 0.368 e. The highest BCUT2D eigenvalue weighted by molar-refractivity contribution is 5.85. The highest BCUT2D eigenvalue weighted by Crippen LogP contribution is 2.18. The van der Waals surface area contributed by atoms with Crippen molar-refractivity contribution in [2.24, 2.45) is 11.1 Å². The molecule has 0 radical (unpaired) electrons. The molecule has 0 aromatic carbocycles. The quantitative estimate of drug-likeness (QED) is 0.811. The lowest BCUT2D eigenvalue weighted by Crippen LogP contribution is -2.43. The molecule has 1 aliphatic heterocycles. The molecular formula is C11H23ClN2O2. The van der Waals surface area contributed by atoms with Crippen LogP contribution < -0.4 is 5.73 Å². The molecule has 0 aliphatic carbocycles. The van der Waals surface area contributed by atoms with Crippen LogP contribution in [0.1, 0.15) is 26.7 Å². The molecule has 1 rings (SSSR count). The molecule has 0 spiro atoms. The third-order valence-corrected chi connectivity index (χ3v) is 2.80. The van der Waals surface area contributed by atoms with Gasteiger partial charge in [-0.1, -0.05) is 13.8 Å². The minimum absolute atomic E-state index is 0. The molecule has 1 fully saturated rings. The van der Waals surface area contributed by atoms with Crippen molar-refractivity contribution >= 4 is 18.3 Å². The van der Waals surface area contributed by atoms with Crippen molar-refractivity contribution in [3.05, 3.63) is 0 Å². The van der Waals surface area contributed by atoms with Gasteiger partial charge in [-0.2, -0.15) is 0 Å². The molecule has 4 nitrogen and oxygen atoms in total. The number of ether oxygens (including phenoxy) is 1. The van der Waals surface area contributed by atoms with Gasteiger partial charge in [0, 0.05) is 20.2 Å². The smallest absolute Gasteiger partial charge is 0.251 e. The van der Waals surface area contributed by atoms with Gasteiger partial charge in [-0.15, -0.1) is 12.4 Å². The van der Waals surface area contributed by atoms with Crippen molar-refractivity contribution < 1.29 is 9.53 Å². The summed E-state index contributed by atoms with van der Waals surface area (Å²) in [6.07, 6.45) is 1.63. The Morgan fingerprint density at radius 3 is 2.62 bits per heavy atom. The van der Waals surface area contributed by atoms with Gasteiger partial charge in [-0.3, -0.25) is 4.79 Å². The maximum atomic E-state index is 11.9. The second-order valence-corrected chi connectivity index (χ2v) is 5.06. The first-order chi connectivity index (χ1) is 6.96. The summed E-state index contributed by atoms with van der Waals surface area (Å²) in [7, 11) is 1.82. The molecule has 0 saturated carbocycles. The Morgan fingerprint density at radius 1 is 1.56 bits per heavy atom. The number of amides is 1. The van der Waals surface area contributed by atoms with Gasteiger partial charge in [-0.25, -0.2) is 0 Å². The van der Waals surface area contributed by atoms with Crippen LogP contribution in [0.25, 0.3) is 0 Å². The monoisotopic (exact) mass is 250 g/mol. The molecule has 0 unspecified atom stereocenters. The highest BCUT2D eigenvalue weighted by Gasteiger charge is 2.29. The van der Waals surface area contributed by atoms with Crippen LogP contribution in [-0.2, 0) is 9.53 Å². The number of hydrogen-bond acceptors (Lipinski definition) is 3. The van der Waals surface area contributed by atoms with E-state index in [1.54, 1.807) is 4.90 Å². The van der Waals surface area contributed by atoms with Crippen molar-refractivity contribution in [2.45, 2.75) is 32.8 Å². The number of likely N-dealkylation sites (N-methyl/N-ethyl adjacent to an activating group) is 1. The number of rotatable bonds is 4. The lowest BCUT2D eigenvalue weighted by atomic mass is 9.93. The summed E-state index contributed by atoms with van der Waals surface area (Å²) in [6, 6.07) is 0. The zero-order valence-electron chi connectivity index (χ0n) is 10.4. The number of carbonyl (C=O) groups is 1. The van der Waals surface area contributed by atoms with E-state index in [4.69, 9.17) is 10.5 Å². The molecule has 0 bridgehead atoms. The molecule has 96 valence electrons. The van der Waals surface area contributed by atoms with Gasteiger partial charge >= 0.3 is 0 Å². The van der Waals surface area contributed by atoms with Crippen LogP contribution in [0.5, 0.6) is 0 Å². The van der Waals surface area contributed by atoms with Gasteiger partial charge in [0.25, 0.3) is 5.91 Å². The number of nitrogens with two attached hydrogens (primary N) is 1. The lowest BCUT2D eigenvalue weighted by molar-refractivity contribution is -0.140. The first-order valence-electron chi connectivity index (χ1n) is 5.53. The van der Waals surface area contributed by atoms with Crippen LogP contribution in [0.3, 0.4) is 0 Å². The third kappa shape index (κ3) is 4.28. The molecule has 5 heteroatoms. The van der Waals surface area contributed by atoms with Crippen molar-refractivity contribution in [3.63, 3.8) is 0 Å². The molecule has 0 aromatic heterocycles. The number of halogens is 1. The normalized spacial score (nSPS) is 20.4. The zero-order chi connectivity index (χ0) is 11.5. The van der Waals surface area contributed by atoms with Crippen molar-refractivity contribution in [1.29, 1.82) is 0 Å². The van der Waals surface area contributed by atoms with E-state index in [1.165, 1.54) is 0 Å². The summed E-state index contributed by atoms with van der Waals surface area (Å²) in [5.74, 6) is 0.0917. The number of hydrogen-bond donors (Lipinski definition) is 1. The van der Waals surface area contributed by atoms with E-state index in [9.17, 15) is 4.79 Å². The number of carbonyl (C=O) groups excluding carboxylic acids is 1. The maximum Gasteiger partial charge on any atom is 0.251 e. The van der Waals surface area contributed by atoms with Gasteiger partial charge in [0.2, 0.25) is 0 Å². The van der Waals surface area contributed by atoms with Crippen LogP contribution in [0.2, 0.25) is 0 Å². The molecule has 1 aliphatic rings. The van der Waals surface area contributed by atoms with Gasteiger partial charge in [-0.05, 0) is 24.8 Å². The SMILES string of the molecule is CN(CC(C)(C)CN)C(=O)[C@@H]1CCCO1.Cl. The Balaban J connectivity index is 0.00000225. The van der Waals surface area contributed by atoms with Crippen LogP contribution in [-0.4, -0.2) is 43.7 Å². The average Bonchev–Trinajstić information content (AvgIpc) is 2.68. The van der Waals surface area contributed by atoms with Gasteiger partial charge in [0.15, 0.2) is 0 Å². The first kappa shape index (κ1) is 15.7. The Morgan fingerprint density at radius 2 is 2.19 bits per heavy atom. The van der Waals surface area contributed by atoms with E-state index in [-0.39, 0.29) is 29.8 Å². The molecule has 2 N–H and O–H groups in total. The summed E-state index contributed by atoms with van der Waals surface area (Å²) < 4.78 is 5.36. The van der Waals surface area contributed by atoms with E-state index < -0.39 is 0 Å². The van der Waals surface area contributed by atoms with Gasteiger partial charge in [0.1, 0.15) is 6.10 Å². The minimum Gasteiger partial charge on any atom is -0.368 e. The fraction of sp³-hybridized carbons (Fsp3) is 0.909. The predicted octanol–water partition coefficient (Wildman–Crippen LogP) is 1.03. The van der Waals surface area contributed by atoms with Crippen LogP contribution in [0, 0.1) is 5.41 Å². The average molecular weight is 251 g/mol. The lowest BCUT2D eigenvalue weighted by Gasteiger charge is -2.30. The fourth-order valence-corrected chi connectivity index (χ4v) is 1.80.